The molecule has 7 heteroatoms. The van der Waals surface area contributed by atoms with Crippen LogP contribution >= 0.6 is 11.8 Å². The standard InChI is InChI=1S/C25H26N2O4S/c1-16-6-5-7-18(14-16)25(29)26-19-8-11-21(12-9-19)32-17(2)24(28)27-22-15-20(30-3)10-13-23(22)31-4/h5-15,17H,1-4H3,(H,26,29)(H,27,28). The summed E-state index contributed by atoms with van der Waals surface area (Å²) in [7, 11) is 3.12. The van der Waals surface area contributed by atoms with Crippen molar-refractivity contribution >= 4 is 35.0 Å². The number of methoxy groups -OCH3 is 2. The van der Waals surface area contributed by atoms with Crippen molar-refractivity contribution in [3.63, 3.8) is 0 Å². The maximum atomic E-state index is 12.7. The zero-order chi connectivity index (χ0) is 23.1. The first-order valence-corrected chi connectivity index (χ1v) is 10.9. The SMILES string of the molecule is COc1ccc(OC)c(NC(=O)C(C)Sc2ccc(NC(=O)c3cccc(C)c3)cc2)c1. The molecule has 32 heavy (non-hydrogen) atoms. The lowest BCUT2D eigenvalue weighted by molar-refractivity contribution is -0.115. The van der Waals surface area contributed by atoms with E-state index in [-0.39, 0.29) is 17.1 Å². The fourth-order valence-corrected chi connectivity index (χ4v) is 3.88. The minimum absolute atomic E-state index is 0.154. The summed E-state index contributed by atoms with van der Waals surface area (Å²) in [6.07, 6.45) is 0. The highest BCUT2D eigenvalue weighted by atomic mass is 32.2. The third-order valence-electron chi connectivity index (χ3n) is 4.74. The molecule has 3 rings (SSSR count). The molecule has 0 fully saturated rings. The van der Waals surface area contributed by atoms with Crippen LogP contribution in [0.4, 0.5) is 11.4 Å². The van der Waals surface area contributed by atoms with E-state index in [4.69, 9.17) is 9.47 Å². The van der Waals surface area contributed by atoms with Gasteiger partial charge in [-0.1, -0.05) is 17.7 Å². The predicted octanol–water partition coefficient (Wildman–Crippen LogP) is 5.38. The van der Waals surface area contributed by atoms with E-state index in [2.05, 4.69) is 10.6 Å². The van der Waals surface area contributed by atoms with Crippen molar-refractivity contribution in [2.24, 2.45) is 0 Å². The molecule has 0 heterocycles. The van der Waals surface area contributed by atoms with E-state index in [0.717, 1.165) is 10.5 Å². The summed E-state index contributed by atoms with van der Waals surface area (Å²) in [6, 6.07) is 20.1. The van der Waals surface area contributed by atoms with Crippen LogP contribution in [-0.2, 0) is 4.79 Å². The van der Waals surface area contributed by atoms with Gasteiger partial charge >= 0.3 is 0 Å². The highest BCUT2D eigenvalue weighted by Gasteiger charge is 2.17. The number of rotatable bonds is 8. The molecule has 0 radical (unpaired) electrons. The Morgan fingerprint density at radius 3 is 2.31 bits per heavy atom. The van der Waals surface area contributed by atoms with Gasteiger partial charge in [0.15, 0.2) is 0 Å². The number of hydrogen-bond acceptors (Lipinski definition) is 5. The zero-order valence-corrected chi connectivity index (χ0v) is 19.3. The summed E-state index contributed by atoms with van der Waals surface area (Å²) in [6.45, 7) is 3.78. The molecule has 2 amide bonds. The van der Waals surface area contributed by atoms with Crippen molar-refractivity contribution in [1.29, 1.82) is 0 Å². The molecular formula is C25H26N2O4S. The molecule has 3 aromatic rings. The second-order valence-corrected chi connectivity index (χ2v) is 8.58. The van der Waals surface area contributed by atoms with Gasteiger partial charge in [0, 0.05) is 22.2 Å². The summed E-state index contributed by atoms with van der Waals surface area (Å²) in [5.74, 6) is 0.877. The van der Waals surface area contributed by atoms with E-state index >= 15 is 0 Å². The van der Waals surface area contributed by atoms with E-state index < -0.39 is 0 Å². The second-order valence-electron chi connectivity index (χ2n) is 7.16. The molecule has 0 aliphatic rings. The third-order valence-corrected chi connectivity index (χ3v) is 5.85. The van der Waals surface area contributed by atoms with Crippen molar-refractivity contribution in [1.82, 2.24) is 0 Å². The van der Waals surface area contributed by atoms with Crippen LogP contribution in [0.2, 0.25) is 0 Å². The fraction of sp³-hybridized carbons (Fsp3) is 0.200. The number of hydrogen-bond donors (Lipinski definition) is 2. The van der Waals surface area contributed by atoms with E-state index in [1.807, 2.05) is 56.3 Å². The van der Waals surface area contributed by atoms with Gasteiger partial charge in [-0.2, -0.15) is 0 Å². The van der Waals surface area contributed by atoms with Crippen LogP contribution in [0.25, 0.3) is 0 Å². The zero-order valence-electron chi connectivity index (χ0n) is 18.5. The van der Waals surface area contributed by atoms with Gasteiger partial charge in [0.25, 0.3) is 5.91 Å². The third kappa shape index (κ3) is 6.04. The number of nitrogens with one attached hydrogen (secondary N) is 2. The minimum atomic E-state index is -0.348. The van der Waals surface area contributed by atoms with Gasteiger partial charge in [0.05, 0.1) is 25.2 Å². The average molecular weight is 451 g/mol. The molecule has 0 spiro atoms. The van der Waals surface area contributed by atoms with Crippen LogP contribution in [0.3, 0.4) is 0 Å². The Morgan fingerprint density at radius 2 is 1.66 bits per heavy atom. The Labute approximate surface area is 192 Å². The van der Waals surface area contributed by atoms with Gasteiger partial charge in [-0.3, -0.25) is 9.59 Å². The Bertz CT molecular complexity index is 1100. The monoisotopic (exact) mass is 450 g/mol. The molecule has 3 aromatic carbocycles. The second kappa shape index (κ2) is 10.7. The van der Waals surface area contributed by atoms with Crippen molar-refractivity contribution < 1.29 is 19.1 Å². The number of benzene rings is 3. The number of thioether (sulfide) groups is 1. The number of aryl methyl sites for hydroxylation is 1. The molecule has 0 saturated carbocycles. The lowest BCUT2D eigenvalue weighted by Gasteiger charge is -2.15. The molecule has 6 nitrogen and oxygen atoms in total. The van der Waals surface area contributed by atoms with Gasteiger partial charge in [-0.05, 0) is 62.4 Å². The number of carbonyl (C=O) groups excluding carboxylic acids is 2. The molecule has 0 aromatic heterocycles. The molecule has 0 aliphatic heterocycles. The number of anilines is 2. The smallest absolute Gasteiger partial charge is 0.255 e. The Balaban J connectivity index is 1.60. The summed E-state index contributed by atoms with van der Waals surface area (Å²) in [5.41, 5.74) is 2.89. The van der Waals surface area contributed by atoms with E-state index in [9.17, 15) is 9.59 Å². The van der Waals surface area contributed by atoms with E-state index in [0.29, 0.717) is 28.4 Å². The fourth-order valence-electron chi connectivity index (χ4n) is 3.01. The summed E-state index contributed by atoms with van der Waals surface area (Å²) in [4.78, 5) is 26.0. The maximum Gasteiger partial charge on any atom is 0.255 e. The first kappa shape index (κ1) is 23.2. The van der Waals surface area contributed by atoms with Crippen molar-refractivity contribution in [2.75, 3.05) is 24.9 Å². The molecule has 1 atom stereocenters. The lowest BCUT2D eigenvalue weighted by atomic mass is 10.1. The summed E-state index contributed by atoms with van der Waals surface area (Å²) < 4.78 is 10.5. The molecule has 2 N–H and O–H groups in total. The average Bonchev–Trinajstić information content (AvgIpc) is 2.80. The number of amides is 2. The van der Waals surface area contributed by atoms with Crippen LogP contribution in [0.5, 0.6) is 11.5 Å². The van der Waals surface area contributed by atoms with Crippen LogP contribution in [0.1, 0.15) is 22.8 Å². The highest BCUT2D eigenvalue weighted by Crippen LogP contribution is 2.31. The lowest BCUT2D eigenvalue weighted by Crippen LogP contribution is -2.22. The van der Waals surface area contributed by atoms with E-state index in [1.165, 1.54) is 11.8 Å². The van der Waals surface area contributed by atoms with Gasteiger partial charge in [0.1, 0.15) is 11.5 Å². The van der Waals surface area contributed by atoms with Crippen LogP contribution < -0.4 is 20.1 Å². The normalized spacial score (nSPS) is 11.4. The van der Waals surface area contributed by atoms with Crippen LogP contribution in [-0.4, -0.2) is 31.3 Å². The first-order chi connectivity index (χ1) is 15.4. The van der Waals surface area contributed by atoms with Gasteiger partial charge in [0.2, 0.25) is 5.91 Å². The summed E-state index contributed by atoms with van der Waals surface area (Å²) in [5, 5.41) is 5.44. The maximum absolute atomic E-state index is 12.7. The minimum Gasteiger partial charge on any atom is -0.497 e. The highest BCUT2D eigenvalue weighted by molar-refractivity contribution is 8.00. The number of ether oxygens (including phenoxy) is 2. The molecule has 0 saturated heterocycles. The Hall–Kier alpha value is -3.45. The summed E-state index contributed by atoms with van der Waals surface area (Å²) >= 11 is 1.42. The largest absolute Gasteiger partial charge is 0.497 e. The number of carbonyl (C=O) groups is 2. The quantitative estimate of drug-likeness (QED) is 0.451. The van der Waals surface area contributed by atoms with Crippen molar-refractivity contribution in [2.45, 2.75) is 24.0 Å². The molecule has 0 aliphatic carbocycles. The first-order valence-electron chi connectivity index (χ1n) is 10.1. The van der Waals surface area contributed by atoms with Gasteiger partial charge in [-0.15, -0.1) is 11.8 Å². The van der Waals surface area contributed by atoms with E-state index in [1.54, 1.807) is 38.5 Å². The molecular weight excluding hydrogens is 424 g/mol. The van der Waals surface area contributed by atoms with Gasteiger partial charge in [-0.25, -0.2) is 0 Å². The van der Waals surface area contributed by atoms with Crippen LogP contribution in [0.15, 0.2) is 71.6 Å². The van der Waals surface area contributed by atoms with Crippen molar-refractivity contribution in [3.05, 3.63) is 77.9 Å². The van der Waals surface area contributed by atoms with Crippen LogP contribution in [0, 0.1) is 6.92 Å². The molecule has 1 unspecified atom stereocenters. The Morgan fingerprint density at radius 1 is 0.906 bits per heavy atom. The van der Waals surface area contributed by atoms with Crippen molar-refractivity contribution in [3.8, 4) is 11.5 Å². The Kier molecular flexibility index (Phi) is 7.78. The molecule has 166 valence electrons. The molecule has 0 bridgehead atoms. The van der Waals surface area contributed by atoms with Gasteiger partial charge < -0.3 is 20.1 Å². The topological polar surface area (TPSA) is 76.7 Å². The predicted molar refractivity (Wildman–Crippen MR) is 129 cm³/mol.